The molecular formula is C6H7NO2. The molecule has 1 rings (SSSR count). The molecule has 0 aromatic heterocycles. The third kappa shape index (κ3) is 1.16. The fraction of sp³-hybridized carbons (Fsp3) is 0.333. The van der Waals surface area contributed by atoms with Gasteiger partial charge in [-0.2, -0.15) is 0 Å². The van der Waals surface area contributed by atoms with Crippen LogP contribution in [0.3, 0.4) is 0 Å². The summed E-state index contributed by atoms with van der Waals surface area (Å²) >= 11 is 0. The maximum Gasteiger partial charge on any atom is 0.203 e. The van der Waals surface area contributed by atoms with E-state index in [1.807, 2.05) is 0 Å². The van der Waals surface area contributed by atoms with Crippen molar-refractivity contribution in [3.05, 3.63) is 12.2 Å². The van der Waals surface area contributed by atoms with Crippen LogP contribution < -0.4 is 0 Å². The smallest absolute Gasteiger partial charge is 0.203 e. The molecule has 0 amide bonds. The second-order valence-electron chi connectivity index (χ2n) is 1.85. The van der Waals surface area contributed by atoms with Crippen molar-refractivity contribution in [3.8, 4) is 0 Å². The van der Waals surface area contributed by atoms with E-state index in [1.54, 1.807) is 6.08 Å². The first kappa shape index (κ1) is 6.01. The van der Waals surface area contributed by atoms with E-state index in [0.717, 1.165) is 6.42 Å². The van der Waals surface area contributed by atoms with Crippen LogP contribution in [0.4, 0.5) is 0 Å². The Morgan fingerprint density at radius 1 is 1.67 bits per heavy atom. The molecule has 0 spiro atoms. The summed E-state index contributed by atoms with van der Waals surface area (Å²) in [4.78, 5) is 10.6. The van der Waals surface area contributed by atoms with Crippen molar-refractivity contribution in [2.45, 2.75) is 12.8 Å². The number of nitrogens with zero attached hydrogens (tertiary/aromatic N) is 1. The van der Waals surface area contributed by atoms with Crippen molar-refractivity contribution in [2.24, 2.45) is 5.16 Å². The molecule has 1 aliphatic carbocycles. The summed E-state index contributed by atoms with van der Waals surface area (Å²) in [7, 11) is 0. The molecule has 0 fully saturated rings. The summed E-state index contributed by atoms with van der Waals surface area (Å²) in [5, 5.41) is 11.0. The molecule has 9 heavy (non-hydrogen) atoms. The number of allylic oxidation sites excluding steroid dienone is 2. The van der Waals surface area contributed by atoms with Crippen LogP contribution in [0.15, 0.2) is 17.3 Å². The molecule has 0 atom stereocenters. The van der Waals surface area contributed by atoms with Crippen molar-refractivity contribution in [3.63, 3.8) is 0 Å². The Morgan fingerprint density at radius 3 is 2.89 bits per heavy atom. The second-order valence-corrected chi connectivity index (χ2v) is 1.85. The molecule has 0 unspecified atom stereocenters. The van der Waals surface area contributed by atoms with Gasteiger partial charge < -0.3 is 5.21 Å². The van der Waals surface area contributed by atoms with Crippen molar-refractivity contribution >= 4 is 11.5 Å². The zero-order chi connectivity index (χ0) is 6.69. The molecule has 0 saturated carbocycles. The van der Waals surface area contributed by atoms with Gasteiger partial charge in [-0.15, -0.1) is 0 Å². The van der Waals surface area contributed by atoms with Crippen LogP contribution in [-0.4, -0.2) is 16.7 Å². The first-order chi connectivity index (χ1) is 4.34. The van der Waals surface area contributed by atoms with E-state index in [-0.39, 0.29) is 11.5 Å². The highest BCUT2D eigenvalue weighted by Crippen LogP contribution is 2.03. The molecule has 0 aromatic rings. The van der Waals surface area contributed by atoms with Gasteiger partial charge >= 0.3 is 0 Å². The van der Waals surface area contributed by atoms with Crippen molar-refractivity contribution in [1.82, 2.24) is 0 Å². The Morgan fingerprint density at radius 2 is 2.44 bits per heavy atom. The lowest BCUT2D eigenvalue weighted by Gasteiger charge is -2.01. The van der Waals surface area contributed by atoms with E-state index in [2.05, 4.69) is 5.16 Å². The van der Waals surface area contributed by atoms with Gasteiger partial charge in [0.25, 0.3) is 0 Å². The van der Waals surface area contributed by atoms with Crippen LogP contribution in [0.5, 0.6) is 0 Å². The summed E-state index contributed by atoms with van der Waals surface area (Å²) in [6.07, 6.45) is 4.56. The van der Waals surface area contributed by atoms with Gasteiger partial charge in [0.05, 0.1) is 0 Å². The topological polar surface area (TPSA) is 49.7 Å². The molecule has 0 heterocycles. The monoisotopic (exact) mass is 125 g/mol. The Bertz CT molecular complexity index is 181. The number of carbonyl (C=O) groups is 1. The number of hydrogen-bond acceptors (Lipinski definition) is 3. The standard InChI is InChI=1S/C6H7NO2/c8-6-4-2-1-3-5(6)7-9/h2,4,9H,1,3H2/b7-5-. The minimum absolute atomic E-state index is 0.177. The highest BCUT2D eigenvalue weighted by atomic mass is 16.4. The van der Waals surface area contributed by atoms with Gasteiger partial charge in [0.2, 0.25) is 5.78 Å². The van der Waals surface area contributed by atoms with Crippen LogP contribution in [0.2, 0.25) is 0 Å². The molecule has 0 bridgehead atoms. The van der Waals surface area contributed by atoms with E-state index in [1.165, 1.54) is 6.08 Å². The third-order valence-electron chi connectivity index (χ3n) is 1.22. The molecule has 0 aliphatic heterocycles. The minimum Gasteiger partial charge on any atom is -0.411 e. The highest BCUT2D eigenvalue weighted by Gasteiger charge is 2.10. The molecule has 1 N–H and O–H groups in total. The summed E-state index contributed by atoms with van der Waals surface area (Å²) in [6.45, 7) is 0. The molecular weight excluding hydrogens is 118 g/mol. The molecule has 48 valence electrons. The number of oxime groups is 1. The van der Waals surface area contributed by atoms with Crippen LogP contribution >= 0.6 is 0 Å². The average molecular weight is 125 g/mol. The summed E-state index contributed by atoms with van der Waals surface area (Å²) in [5.41, 5.74) is 0.262. The molecule has 1 aliphatic rings. The number of carbonyl (C=O) groups excluding carboxylic acids is 1. The summed E-state index contributed by atoms with van der Waals surface area (Å²) < 4.78 is 0. The van der Waals surface area contributed by atoms with Crippen LogP contribution in [0.25, 0.3) is 0 Å². The zero-order valence-electron chi connectivity index (χ0n) is 4.87. The summed E-state index contributed by atoms with van der Waals surface area (Å²) in [5.74, 6) is -0.177. The quantitative estimate of drug-likeness (QED) is 0.383. The Balaban J connectivity index is 2.78. The molecule has 0 aromatic carbocycles. The number of hydrogen-bond donors (Lipinski definition) is 1. The SMILES string of the molecule is O=C1C=CCC/C1=N/O. The normalized spacial score (nSPS) is 23.1. The zero-order valence-corrected chi connectivity index (χ0v) is 4.87. The Hall–Kier alpha value is -1.12. The molecule has 3 heteroatoms. The summed E-state index contributed by atoms with van der Waals surface area (Å²) in [6, 6.07) is 0. The van der Waals surface area contributed by atoms with E-state index in [4.69, 9.17) is 5.21 Å². The second kappa shape index (κ2) is 2.44. The van der Waals surface area contributed by atoms with E-state index in [9.17, 15) is 4.79 Å². The lowest BCUT2D eigenvalue weighted by Crippen LogP contribution is -2.13. The predicted octanol–water partition coefficient (Wildman–Crippen LogP) is 0.736. The molecule has 0 radical (unpaired) electrons. The van der Waals surface area contributed by atoms with Gasteiger partial charge in [0, 0.05) is 6.42 Å². The van der Waals surface area contributed by atoms with Crippen LogP contribution in [0.1, 0.15) is 12.8 Å². The Labute approximate surface area is 52.7 Å². The predicted molar refractivity (Wildman–Crippen MR) is 32.6 cm³/mol. The van der Waals surface area contributed by atoms with Gasteiger partial charge in [-0.05, 0) is 12.5 Å². The first-order valence-corrected chi connectivity index (χ1v) is 2.76. The van der Waals surface area contributed by atoms with Crippen LogP contribution in [-0.2, 0) is 4.79 Å². The molecule has 0 saturated heterocycles. The van der Waals surface area contributed by atoms with Crippen molar-refractivity contribution < 1.29 is 10.0 Å². The van der Waals surface area contributed by atoms with Gasteiger partial charge in [0.1, 0.15) is 5.71 Å². The lowest BCUT2D eigenvalue weighted by atomic mass is 10.1. The largest absolute Gasteiger partial charge is 0.411 e. The van der Waals surface area contributed by atoms with Gasteiger partial charge in [-0.1, -0.05) is 11.2 Å². The van der Waals surface area contributed by atoms with E-state index < -0.39 is 0 Å². The third-order valence-corrected chi connectivity index (χ3v) is 1.22. The van der Waals surface area contributed by atoms with E-state index >= 15 is 0 Å². The van der Waals surface area contributed by atoms with Gasteiger partial charge in [-0.25, -0.2) is 0 Å². The maximum atomic E-state index is 10.6. The fourth-order valence-corrected chi connectivity index (χ4v) is 0.729. The minimum atomic E-state index is -0.177. The molecule has 3 nitrogen and oxygen atoms in total. The Kier molecular flexibility index (Phi) is 1.63. The highest BCUT2D eigenvalue weighted by molar-refractivity contribution is 6.44. The van der Waals surface area contributed by atoms with Crippen molar-refractivity contribution in [1.29, 1.82) is 0 Å². The van der Waals surface area contributed by atoms with Crippen LogP contribution in [0, 0.1) is 0 Å². The lowest BCUT2D eigenvalue weighted by molar-refractivity contribution is -0.109. The average Bonchev–Trinajstić information content (AvgIpc) is 1.89. The van der Waals surface area contributed by atoms with Gasteiger partial charge in [0.15, 0.2) is 0 Å². The maximum absolute atomic E-state index is 10.6. The number of rotatable bonds is 0. The van der Waals surface area contributed by atoms with Crippen molar-refractivity contribution in [2.75, 3.05) is 0 Å². The number of ketones is 1. The fourth-order valence-electron chi connectivity index (χ4n) is 0.729. The van der Waals surface area contributed by atoms with Gasteiger partial charge in [-0.3, -0.25) is 4.79 Å². The van der Waals surface area contributed by atoms with E-state index in [0.29, 0.717) is 6.42 Å². The first-order valence-electron chi connectivity index (χ1n) is 2.76.